The van der Waals surface area contributed by atoms with Crippen molar-refractivity contribution in [1.82, 2.24) is 14.5 Å². The fourth-order valence-corrected chi connectivity index (χ4v) is 6.45. The van der Waals surface area contributed by atoms with Gasteiger partial charge >= 0.3 is 0 Å². The van der Waals surface area contributed by atoms with Gasteiger partial charge in [-0.1, -0.05) is 36.8 Å². The third kappa shape index (κ3) is 5.45. The summed E-state index contributed by atoms with van der Waals surface area (Å²) in [4.78, 5) is 17.9. The van der Waals surface area contributed by atoms with Crippen LogP contribution in [0.1, 0.15) is 54.1 Å². The monoisotopic (exact) mass is 484 g/mol. The number of rotatable bonds is 8. The number of carbonyl (C=O) groups is 1. The van der Waals surface area contributed by atoms with E-state index >= 15 is 0 Å². The minimum atomic E-state index is -3.62. The first-order chi connectivity index (χ1) is 16.4. The molecular formula is C26H36N4O3S. The molecule has 2 heterocycles. The Labute approximate surface area is 203 Å². The minimum Gasteiger partial charge on any atom is -0.371 e. The normalized spacial score (nSPS) is 18.3. The summed E-state index contributed by atoms with van der Waals surface area (Å²) in [6.07, 6.45) is 4.97. The van der Waals surface area contributed by atoms with Crippen molar-refractivity contribution in [2.45, 2.75) is 43.0 Å². The maximum absolute atomic E-state index is 13.5. The van der Waals surface area contributed by atoms with Gasteiger partial charge < -0.3 is 15.1 Å². The van der Waals surface area contributed by atoms with Crippen molar-refractivity contribution in [3.8, 4) is 0 Å². The molecule has 34 heavy (non-hydrogen) atoms. The van der Waals surface area contributed by atoms with Gasteiger partial charge in [0.25, 0.3) is 5.91 Å². The number of nitrogens with one attached hydrogen (secondary N) is 1. The van der Waals surface area contributed by atoms with Gasteiger partial charge in [-0.15, -0.1) is 0 Å². The molecule has 2 aliphatic heterocycles. The number of likely N-dealkylation sites (N-methyl/N-ethyl adjacent to an activating group) is 1. The number of sulfonamides is 1. The molecule has 2 aromatic carbocycles. The molecule has 1 atom stereocenters. The van der Waals surface area contributed by atoms with E-state index in [9.17, 15) is 13.2 Å². The highest BCUT2D eigenvalue weighted by Crippen LogP contribution is 2.29. The fourth-order valence-electron chi connectivity index (χ4n) is 4.90. The van der Waals surface area contributed by atoms with E-state index < -0.39 is 10.0 Å². The predicted molar refractivity (Wildman–Crippen MR) is 136 cm³/mol. The van der Waals surface area contributed by atoms with Gasteiger partial charge in [-0.25, -0.2) is 8.42 Å². The quantitative estimate of drug-likeness (QED) is 0.621. The van der Waals surface area contributed by atoms with Crippen molar-refractivity contribution in [3.05, 3.63) is 59.7 Å². The smallest absolute Gasteiger partial charge is 0.253 e. The molecule has 8 heteroatoms. The van der Waals surface area contributed by atoms with E-state index in [1.165, 1.54) is 0 Å². The molecule has 0 saturated carbocycles. The molecule has 2 aromatic rings. The number of amides is 1. The Balaban J connectivity index is 1.61. The van der Waals surface area contributed by atoms with Crippen LogP contribution in [0, 0.1) is 0 Å². The molecule has 0 aliphatic carbocycles. The van der Waals surface area contributed by atoms with E-state index in [-0.39, 0.29) is 16.8 Å². The van der Waals surface area contributed by atoms with Crippen molar-refractivity contribution in [3.63, 3.8) is 0 Å². The second-order valence-electron chi connectivity index (χ2n) is 9.44. The average Bonchev–Trinajstić information content (AvgIpc) is 3.39. The molecule has 2 saturated heterocycles. The van der Waals surface area contributed by atoms with E-state index in [1.807, 2.05) is 38.4 Å². The van der Waals surface area contributed by atoms with E-state index in [1.54, 1.807) is 16.4 Å². The lowest BCUT2D eigenvalue weighted by molar-refractivity contribution is 0.0942. The number of piperidine rings is 1. The third-order valence-electron chi connectivity index (χ3n) is 6.88. The van der Waals surface area contributed by atoms with Crippen LogP contribution >= 0.6 is 0 Å². The van der Waals surface area contributed by atoms with Crippen molar-refractivity contribution < 1.29 is 13.2 Å². The van der Waals surface area contributed by atoms with E-state index in [0.717, 1.165) is 56.4 Å². The molecule has 7 nitrogen and oxygen atoms in total. The van der Waals surface area contributed by atoms with Gasteiger partial charge in [-0.05, 0) is 63.5 Å². The Bertz CT molecular complexity index is 1080. The van der Waals surface area contributed by atoms with Crippen molar-refractivity contribution in [2.75, 3.05) is 51.7 Å². The van der Waals surface area contributed by atoms with Crippen molar-refractivity contribution in [1.29, 1.82) is 0 Å². The number of hydrogen-bond acceptors (Lipinski definition) is 5. The summed E-state index contributed by atoms with van der Waals surface area (Å²) in [7, 11) is 0.363. The molecule has 0 spiro atoms. The summed E-state index contributed by atoms with van der Waals surface area (Å²) in [5.74, 6) is -0.236. The molecule has 2 aliphatic rings. The second-order valence-corrected chi connectivity index (χ2v) is 11.4. The summed E-state index contributed by atoms with van der Waals surface area (Å²) in [6, 6.07) is 15.2. The molecule has 184 valence electrons. The summed E-state index contributed by atoms with van der Waals surface area (Å²) in [5, 5.41) is 3.09. The summed E-state index contributed by atoms with van der Waals surface area (Å²) < 4.78 is 28.2. The number of benzene rings is 2. The average molecular weight is 485 g/mol. The summed E-state index contributed by atoms with van der Waals surface area (Å²) in [5.41, 5.74) is 2.37. The minimum absolute atomic E-state index is 0.0145. The Hall–Kier alpha value is -2.42. The zero-order valence-corrected chi connectivity index (χ0v) is 21.1. The highest BCUT2D eigenvalue weighted by atomic mass is 32.2. The van der Waals surface area contributed by atoms with E-state index in [4.69, 9.17) is 0 Å². The van der Waals surface area contributed by atoms with Gasteiger partial charge in [0, 0.05) is 38.4 Å². The molecule has 1 N–H and O–H groups in total. The molecule has 0 bridgehead atoms. The van der Waals surface area contributed by atoms with Crippen LogP contribution in [-0.2, 0) is 10.0 Å². The number of hydrogen-bond donors (Lipinski definition) is 1. The molecule has 0 radical (unpaired) electrons. The topological polar surface area (TPSA) is 73.0 Å². The Morgan fingerprint density at radius 2 is 1.59 bits per heavy atom. The van der Waals surface area contributed by atoms with E-state index in [0.29, 0.717) is 25.2 Å². The van der Waals surface area contributed by atoms with Gasteiger partial charge in [0.2, 0.25) is 10.0 Å². The zero-order chi connectivity index (χ0) is 24.1. The second kappa shape index (κ2) is 10.9. The first-order valence-corrected chi connectivity index (χ1v) is 13.7. The third-order valence-corrected chi connectivity index (χ3v) is 8.77. The highest BCUT2D eigenvalue weighted by molar-refractivity contribution is 7.89. The van der Waals surface area contributed by atoms with Gasteiger partial charge in [-0.3, -0.25) is 4.79 Å². The maximum atomic E-state index is 13.5. The lowest BCUT2D eigenvalue weighted by atomic mass is 10.1. The SMILES string of the molecule is CN(C)C(CNC(=O)c1cc(S(=O)(=O)N2CCCCC2)ccc1N1CCCC1)c1ccccc1. The number of anilines is 1. The van der Waals surface area contributed by atoms with Crippen LogP contribution in [0.2, 0.25) is 0 Å². The lowest BCUT2D eigenvalue weighted by Gasteiger charge is -2.28. The van der Waals surface area contributed by atoms with Crippen molar-refractivity contribution in [2.24, 2.45) is 0 Å². The number of nitrogens with zero attached hydrogens (tertiary/aromatic N) is 3. The molecule has 2 fully saturated rings. The van der Waals surface area contributed by atoms with Crippen LogP contribution in [0.3, 0.4) is 0 Å². The van der Waals surface area contributed by atoms with Crippen LogP contribution in [0.5, 0.6) is 0 Å². The standard InChI is InChI=1S/C26H36N4O3S/c1-28(2)25(21-11-5-3-6-12-21)20-27-26(31)23-19-22(13-14-24(23)29-15-9-10-16-29)34(32,33)30-17-7-4-8-18-30/h3,5-6,11-14,19,25H,4,7-10,15-18,20H2,1-2H3,(H,27,31). The molecule has 1 unspecified atom stereocenters. The number of carbonyl (C=O) groups excluding carboxylic acids is 1. The van der Waals surface area contributed by atoms with Crippen LogP contribution < -0.4 is 10.2 Å². The van der Waals surface area contributed by atoms with E-state index in [2.05, 4.69) is 27.2 Å². The lowest BCUT2D eigenvalue weighted by Crippen LogP contribution is -2.37. The Morgan fingerprint density at radius 1 is 0.941 bits per heavy atom. The van der Waals surface area contributed by atoms with Crippen molar-refractivity contribution >= 4 is 21.6 Å². The maximum Gasteiger partial charge on any atom is 0.253 e. The van der Waals surface area contributed by atoms with Gasteiger partial charge in [-0.2, -0.15) is 4.31 Å². The van der Waals surface area contributed by atoms with Crippen LogP contribution in [0.25, 0.3) is 0 Å². The summed E-state index contributed by atoms with van der Waals surface area (Å²) >= 11 is 0. The van der Waals surface area contributed by atoms with Gasteiger partial charge in [0.1, 0.15) is 0 Å². The van der Waals surface area contributed by atoms with Crippen LogP contribution in [-0.4, -0.2) is 70.3 Å². The predicted octanol–water partition coefficient (Wildman–Crippen LogP) is 3.49. The van der Waals surface area contributed by atoms with Crippen LogP contribution in [0.4, 0.5) is 5.69 Å². The zero-order valence-electron chi connectivity index (χ0n) is 20.2. The highest BCUT2D eigenvalue weighted by Gasteiger charge is 2.29. The van der Waals surface area contributed by atoms with Crippen LogP contribution in [0.15, 0.2) is 53.4 Å². The Morgan fingerprint density at radius 3 is 2.24 bits per heavy atom. The fraction of sp³-hybridized carbons (Fsp3) is 0.500. The molecule has 1 amide bonds. The summed E-state index contributed by atoms with van der Waals surface area (Å²) in [6.45, 7) is 3.27. The van der Waals surface area contributed by atoms with Gasteiger partial charge in [0.15, 0.2) is 0 Å². The molecule has 0 aromatic heterocycles. The Kier molecular flexibility index (Phi) is 7.91. The largest absolute Gasteiger partial charge is 0.371 e. The first kappa shape index (κ1) is 24.7. The van der Waals surface area contributed by atoms with Gasteiger partial charge in [0.05, 0.1) is 16.5 Å². The molecular weight excluding hydrogens is 448 g/mol. The molecule has 4 rings (SSSR count). The first-order valence-electron chi connectivity index (χ1n) is 12.3.